The molecule has 1 fully saturated rings. The van der Waals surface area contributed by atoms with Crippen molar-refractivity contribution in [1.82, 2.24) is 15.2 Å². The molecule has 0 aliphatic carbocycles. The Balaban J connectivity index is 1.37. The molecule has 0 bridgehead atoms. The molecule has 2 aromatic carbocycles. The standard InChI is InChI=1S/C21H25ClN4O2/c1-28-20-8-4-17(5-9-20)14-23-24-21(27)16-26-12-10-25(11-13-26)15-18-2-6-19(22)7-3-18/h2-9,14H,10-13,15-16H2,1H3,(H,24,27)/b23-14-. The molecule has 2 aromatic rings. The SMILES string of the molecule is COc1ccc(/C=N\NC(=O)CN2CCN(Cc3ccc(Cl)cc3)CC2)cc1. The molecule has 1 heterocycles. The fourth-order valence-corrected chi connectivity index (χ4v) is 3.19. The summed E-state index contributed by atoms with van der Waals surface area (Å²) in [5.41, 5.74) is 4.75. The van der Waals surface area contributed by atoms with Gasteiger partial charge in [0.05, 0.1) is 19.9 Å². The number of nitrogens with one attached hydrogen (secondary N) is 1. The van der Waals surface area contributed by atoms with E-state index < -0.39 is 0 Å². The molecule has 0 radical (unpaired) electrons. The molecule has 3 rings (SSSR count). The molecule has 0 spiro atoms. The number of ether oxygens (including phenoxy) is 1. The molecule has 0 unspecified atom stereocenters. The third-order valence-electron chi connectivity index (χ3n) is 4.67. The van der Waals surface area contributed by atoms with Crippen LogP contribution < -0.4 is 10.2 Å². The van der Waals surface area contributed by atoms with Crippen LogP contribution in [0.1, 0.15) is 11.1 Å². The van der Waals surface area contributed by atoms with Gasteiger partial charge in [0, 0.05) is 37.7 Å². The number of carbonyl (C=O) groups excluding carboxylic acids is 1. The molecule has 0 atom stereocenters. The van der Waals surface area contributed by atoms with Crippen molar-refractivity contribution >= 4 is 23.7 Å². The van der Waals surface area contributed by atoms with Gasteiger partial charge < -0.3 is 4.74 Å². The molecule has 1 saturated heterocycles. The van der Waals surface area contributed by atoms with Gasteiger partial charge in [-0.3, -0.25) is 14.6 Å². The number of nitrogens with zero attached hydrogens (tertiary/aromatic N) is 3. The van der Waals surface area contributed by atoms with Crippen molar-refractivity contribution in [2.75, 3.05) is 39.8 Å². The maximum atomic E-state index is 12.1. The Kier molecular flexibility index (Phi) is 7.42. The zero-order valence-corrected chi connectivity index (χ0v) is 16.7. The zero-order chi connectivity index (χ0) is 19.8. The predicted molar refractivity (Wildman–Crippen MR) is 112 cm³/mol. The van der Waals surface area contributed by atoms with E-state index in [9.17, 15) is 4.79 Å². The van der Waals surface area contributed by atoms with Crippen LogP contribution in [0.3, 0.4) is 0 Å². The summed E-state index contributed by atoms with van der Waals surface area (Å²) in [6, 6.07) is 15.4. The van der Waals surface area contributed by atoms with E-state index in [0.29, 0.717) is 6.54 Å². The average Bonchev–Trinajstić information content (AvgIpc) is 2.72. The molecule has 0 saturated carbocycles. The molecule has 1 N–H and O–H groups in total. The molecular formula is C21H25ClN4O2. The van der Waals surface area contributed by atoms with Crippen LogP contribution in [0.4, 0.5) is 0 Å². The molecule has 6 nitrogen and oxygen atoms in total. The fourth-order valence-electron chi connectivity index (χ4n) is 3.06. The summed E-state index contributed by atoms with van der Waals surface area (Å²) in [6.07, 6.45) is 1.63. The Hall–Kier alpha value is -2.41. The zero-order valence-electron chi connectivity index (χ0n) is 16.0. The van der Waals surface area contributed by atoms with Gasteiger partial charge >= 0.3 is 0 Å². The topological polar surface area (TPSA) is 57.2 Å². The largest absolute Gasteiger partial charge is 0.497 e. The lowest BCUT2D eigenvalue weighted by Gasteiger charge is -2.34. The molecule has 1 aliphatic rings. The second kappa shape index (κ2) is 10.2. The highest BCUT2D eigenvalue weighted by Crippen LogP contribution is 2.13. The van der Waals surface area contributed by atoms with Crippen LogP contribution >= 0.6 is 11.6 Å². The smallest absolute Gasteiger partial charge is 0.254 e. The average molecular weight is 401 g/mol. The highest BCUT2D eigenvalue weighted by molar-refractivity contribution is 6.30. The van der Waals surface area contributed by atoms with Gasteiger partial charge in [0.1, 0.15) is 5.75 Å². The molecule has 1 aliphatic heterocycles. The molecular weight excluding hydrogens is 376 g/mol. The summed E-state index contributed by atoms with van der Waals surface area (Å²) in [7, 11) is 1.63. The normalized spacial score (nSPS) is 15.6. The first-order chi connectivity index (χ1) is 13.6. The van der Waals surface area contributed by atoms with Crippen molar-refractivity contribution in [2.45, 2.75) is 6.54 Å². The molecule has 0 aromatic heterocycles. The van der Waals surface area contributed by atoms with E-state index in [1.165, 1.54) is 5.56 Å². The predicted octanol–water partition coefficient (Wildman–Crippen LogP) is 2.62. The summed E-state index contributed by atoms with van der Waals surface area (Å²) in [5.74, 6) is 0.687. The van der Waals surface area contributed by atoms with Gasteiger partial charge in [-0.25, -0.2) is 5.43 Å². The molecule has 1 amide bonds. The minimum absolute atomic E-state index is 0.101. The summed E-state index contributed by atoms with van der Waals surface area (Å²) in [4.78, 5) is 16.6. The Morgan fingerprint density at radius 1 is 1.07 bits per heavy atom. The van der Waals surface area contributed by atoms with Gasteiger partial charge in [0.15, 0.2) is 0 Å². The van der Waals surface area contributed by atoms with Crippen molar-refractivity contribution < 1.29 is 9.53 Å². The summed E-state index contributed by atoms with van der Waals surface area (Å²) in [5, 5.41) is 4.79. The number of hydrazone groups is 1. The van der Waals surface area contributed by atoms with E-state index in [1.54, 1.807) is 13.3 Å². The third kappa shape index (κ3) is 6.34. The molecule has 28 heavy (non-hydrogen) atoms. The van der Waals surface area contributed by atoms with Crippen LogP contribution in [-0.4, -0.2) is 61.8 Å². The van der Waals surface area contributed by atoms with Crippen molar-refractivity contribution in [1.29, 1.82) is 0 Å². The van der Waals surface area contributed by atoms with Crippen LogP contribution in [0.15, 0.2) is 53.6 Å². The minimum Gasteiger partial charge on any atom is -0.497 e. The van der Waals surface area contributed by atoms with Crippen LogP contribution in [0.25, 0.3) is 0 Å². The Bertz CT molecular complexity index is 785. The van der Waals surface area contributed by atoms with Crippen LogP contribution in [0.5, 0.6) is 5.75 Å². The molecule has 148 valence electrons. The van der Waals surface area contributed by atoms with Crippen LogP contribution in [-0.2, 0) is 11.3 Å². The van der Waals surface area contributed by atoms with Crippen molar-refractivity contribution in [3.8, 4) is 5.75 Å². The first-order valence-corrected chi connectivity index (χ1v) is 9.65. The van der Waals surface area contributed by atoms with E-state index in [4.69, 9.17) is 16.3 Å². The van der Waals surface area contributed by atoms with E-state index in [2.05, 4.69) is 32.5 Å². The molecule has 7 heteroatoms. The number of amides is 1. The summed E-state index contributed by atoms with van der Waals surface area (Å²) < 4.78 is 5.11. The maximum absolute atomic E-state index is 12.1. The maximum Gasteiger partial charge on any atom is 0.254 e. The quantitative estimate of drug-likeness (QED) is 0.573. The van der Waals surface area contributed by atoms with Gasteiger partial charge in [-0.2, -0.15) is 5.10 Å². The number of hydrogen-bond donors (Lipinski definition) is 1. The van der Waals surface area contributed by atoms with Crippen molar-refractivity contribution in [3.05, 3.63) is 64.7 Å². The van der Waals surface area contributed by atoms with E-state index in [-0.39, 0.29) is 5.91 Å². The van der Waals surface area contributed by atoms with E-state index >= 15 is 0 Å². The fraction of sp³-hybridized carbons (Fsp3) is 0.333. The van der Waals surface area contributed by atoms with Gasteiger partial charge in [-0.15, -0.1) is 0 Å². The van der Waals surface area contributed by atoms with Crippen LogP contribution in [0.2, 0.25) is 5.02 Å². The Labute approximate surface area is 170 Å². The lowest BCUT2D eigenvalue weighted by molar-refractivity contribution is -0.122. The second-order valence-corrected chi connectivity index (χ2v) is 7.18. The number of hydrogen-bond acceptors (Lipinski definition) is 5. The Morgan fingerprint density at radius 2 is 1.71 bits per heavy atom. The minimum atomic E-state index is -0.101. The number of benzene rings is 2. The van der Waals surface area contributed by atoms with Gasteiger partial charge in [0.2, 0.25) is 0 Å². The number of piperazine rings is 1. The number of methoxy groups -OCH3 is 1. The Morgan fingerprint density at radius 3 is 2.36 bits per heavy atom. The first-order valence-electron chi connectivity index (χ1n) is 9.27. The number of carbonyl (C=O) groups is 1. The van der Waals surface area contributed by atoms with Crippen LogP contribution in [0, 0.1) is 0 Å². The van der Waals surface area contributed by atoms with E-state index in [1.807, 2.05) is 36.4 Å². The monoisotopic (exact) mass is 400 g/mol. The summed E-state index contributed by atoms with van der Waals surface area (Å²) in [6.45, 7) is 4.86. The van der Waals surface area contributed by atoms with Crippen molar-refractivity contribution in [2.24, 2.45) is 5.10 Å². The van der Waals surface area contributed by atoms with E-state index in [0.717, 1.165) is 49.1 Å². The summed E-state index contributed by atoms with van der Waals surface area (Å²) >= 11 is 5.93. The second-order valence-electron chi connectivity index (χ2n) is 6.75. The third-order valence-corrected chi connectivity index (χ3v) is 4.92. The highest BCUT2D eigenvalue weighted by atomic mass is 35.5. The van der Waals surface area contributed by atoms with Gasteiger partial charge in [0.25, 0.3) is 5.91 Å². The number of rotatable bonds is 7. The van der Waals surface area contributed by atoms with Crippen molar-refractivity contribution in [3.63, 3.8) is 0 Å². The lowest BCUT2D eigenvalue weighted by Crippen LogP contribution is -2.48. The highest BCUT2D eigenvalue weighted by Gasteiger charge is 2.18. The van der Waals surface area contributed by atoms with Gasteiger partial charge in [-0.1, -0.05) is 23.7 Å². The lowest BCUT2D eigenvalue weighted by atomic mass is 10.2. The van der Waals surface area contributed by atoms with Gasteiger partial charge in [-0.05, 0) is 47.5 Å². The first kappa shape index (κ1) is 20.3. The number of halogens is 1.